The van der Waals surface area contributed by atoms with Crippen molar-refractivity contribution in [2.75, 3.05) is 6.61 Å². The molecule has 4 atom stereocenters. The Kier molecular flexibility index (Phi) is 11.1. The van der Waals surface area contributed by atoms with Gasteiger partial charge in [0.1, 0.15) is 0 Å². The van der Waals surface area contributed by atoms with Crippen molar-refractivity contribution in [1.82, 2.24) is 0 Å². The van der Waals surface area contributed by atoms with E-state index in [0.29, 0.717) is 5.04 Å². The molecule has 0 heterocycles. The maximum Gasteiger partial charge on any atom is 0.191 e. The summed E-state index contributed by atoms with van der Waals surface area (Å²) in [4.78, 5) is 0. The smallest absolute Gasteiger partial charge is 0.191 e. The Bertz CT molecular complexity index is 527. The quantitative estimate of drug-likeness (QED) is 0.169. The standard InChI is InChI=1S/C28H54OSi/c1-11-12-18-28(8,19-13-14-21-29-30(9,10)27(5,6)7)20-17-25-22-24(4)15-16-26(25)23(2)3/h11,17,20,23-26H,1,12-16,18-19,21-22H2,2-10H3/b20-17+/t24-,25-,26+,28+/m1/s1. The molecule has 0 aliphatic heterocycles. The number of hydrogen-bond donors (Lipinski definition) is 0. The van der Waals surface area contributed by atoms with Crippen molar-refractivity contribution in [3.8, 4) is 0 Å². The summed E-state index contributed by atoms with van der Waals surface area (Å²) in [5.74, 6) is 3.29. The van der Waals surface area contributed by atoms with E-state index in [0.717, 1.165) is 36.7 Å². The average molecular weight is 435 g/mol. The summed E-state index contributed by atoms with van der Waals surface area (Å²) < 4.78 is 6.40. The predicted octanol–water partition coefficient (Wildman–Crippen LogP) is 9.42. The molecule has 1 nitrogen and oxygen atoms in total. The lowest BCUT2D eigenvalue weighted by molar-refractivity contribution is 0.177. The maximum atomic E-state index is 6.40. The Morgan fingerprint density at radius 3 is 2.30 bits per heavy atom. The van der Waals surface area contributed by atoms with Gasteiger partial charge in [-0.3, -0.25) is 0 Å². The molecule has 1 fully saturated rings. The predicted molar refractivity (Wildman–Crippen MR) is 139 cm³/mol. The minimum Gasteiger partial charge on any atom is -0.417 e. The first-order valence-electron chi connectivity index (χ1n) is 12.8. The fourth-order valence-electron chi connectivity index (χ4n) is 4.75. The van der Waals surface area contributed by atoms with Crippen molar-refractivity contribution >= 4 is 8.32 Å². The summed E-state index contributed by atoms with van der Waals surface area (Å²) in [6.07, 6.45) is 17.5. The van der Waals surface area contributed by atoms with Crippen LogP contribution >= 0.6 is 0 Å². The number of unbranched alkanes of at least 4 members (excludes halogenated alkanes) is 1. The topological polar surface area (TPSA) is 9.23 Å². The average Bonchev–Trinajstić information content (AvgIpc) is 2.63. The van der Waals surface area contributed by atoms with Gasteiger partial charge in [0.05, 0.1) is 0 Å². The lowest BCUT2D eigenvalue weighted by atomic mass is 9.69. The second-order valence-electron chi connectivity index (χ2n) is 12.4. The molecule has 30 heavy (non-hydrogen) atoms. The molecule has 0 aromatic rings. The molecule has 2 heteroatoms. The van der Waals surface area contributed by atoms with Crippen LogP contribution in [0.25, 0.3) is 0 Å². The summed E-state index contributed by atoms with van der Waals surface area (Å²) >= 11 is 0. The van der Waals surface area contributed by atoms with Gasteiger partial charge in [-0.25, -0.2) is 0 Å². The molecule has 0 aromatic carbocycles. The second-order valence-corrected chi connectivity index (χ2v) is 17.2. The van der Waals surface area contributed by atoms with E-state index < -0.39 is 8.32 Å². The molecule has 0 unspecified atom stereocenters. The third kappa shape index (κ3) is 9.03. The molecule has 176 valence electrons. The number of allylic oxidation sites excluding steroid dienone is 3. The lowest BCUT2D eigenvalue weighted by Crippen LogP contribution is -2.40. The van der Waals surface area contributed by atoms with E-state index in [1.165, 1.54) is 44.9 Å². The van der Waals surface area contributed by atoms with Gasteiger partial charge in [-0.15, -0.1) is 6.58 Å². The van der Waals surface area contributed by atoms with Crippen LogP contribution in [0.2, 0.25) is 18.1 Å². The first kappa shape index (κ1) is 27.7. The van der Waals surface area contributed by atoms with Crippen molar-refractivity contribution in [2.45, 2.75) is 118 Å². The van der Waals surface area contributed by atoms with Crippen LogP contribution in [0.4, 0.5) is 0 Å². The van der Waals surface area contributed by atoms with Crippen LogP contribution in [0.1, 0.15) is 99.8 Å². The number of hydrogen-bond acceptors (Lipinski definition) is 1. The highest BCUT2D eigenvalue weighted by Gasteiger charge is 2.37. The van der Waals surface area contributed by atoms with Crippen molar-refractivity contribution in [3.63, 3.8) is 0 Å². The summed E-state index contributed by atoms with van der Waals surface area (Å²) in [6, 6.07) is 0. The highest BCUT2D eigenvalue weighted by atomic mass is 28.4. The zero-order chi connectivity index (χ0) is 23.0. The van der Waals surface area contributed by atoms with Crippen LogP contribution in [0.5, 0.6) is 0 Å². The Morgan fingerprint density at radius 1 is 1.07 bits per heavy atom. The largest absolute Gasteiger partial charge is 0.417 e. The molecule has 0 radical (unpaired) electrons. The lowest BCUT2D eigenvalue weighted by Gasteiger charge is -2.37. The summed E-state index contributed by atoms with van der Waals surface area (Å²) in [7, 11) is -1.61. The first-order valence-corrected chi connectivity index (χ1v) is 15.7. The fourth-order valence-corrected chi connectivity index (χ4v) is 5.84. The highest BCUT2D eigenvalue weighted by molar-refractivity contribution is 6.74. The SMILES string of the molecule is C=CCC[C@](C)(/C=C/[C@@H]1C[C@H](C)CC[C@H]1C(C)C)CCCCO[Si](C)(C)C(C)(C)C. The Morgan fingerprint density at radius 2 is 1.73 bits per heavy atom. The Hall–Kier alpha value is -0.343. The zero-order valence-electron chi connectivity index (χ0n) is 22.0. The summed E-state index contributed by atoms with van der Waals surface area (Å²) in [5, 5.41) is 0.304. The van der Waals surface area contributed by atoms with Crippen molar-refractivity contribution < 1.29 is 4.43 Å². The van der Waals surface area contributed by atoms with Gasteiger partial charge in [0.2, 0.25) is 0 Å². The van der Waals surface area contributed by atoms with Crippen LogP contribution < -0.4 is 0 Å². The van der Waals surface area contributed by atoms with E-state index in [1.54, 1.807) is 0 Å². The molecule has 0 bridgehead atoms. The van der Waals surface area contributed by atoms with Crippen LogP contribution in [0, 0.1) is 29.1 Å². The van der Waals surface area contributed by atoms with Gasteiger partial charge >= 0.3 is 0 Å². The molecule has 0 saturated heterocycles. The van der Waals surface area contributed by atoms with Crippen LogP contribution in [-0.4, -0.2) is 14.9 Å². The molecule has 1 aliphatic carbocycles. The van der Waals surface area contributed by atoms with Gasteiger partial charge in [-0.1, -0.05) is 79.5 Å². The van der Waals surface area contributed by atoms with E-state index in [4.69, 9.17) is 4.43 Å². The van der Waals surface area contributed by atoms with Gasteiger partial charge in [0, 0.05) is 6.61 Å². The van der Waals surface area contributed by atoms with Crippen LogP contribution in [-0.2, 0) is 4.43 Å². The summed E-state index contributed by atoms with van der Waals surface area (Å²) in [5.41, 5.74) is 0.285. The minimum absolute atomic E-state index is 0.285. The third-order valence-corrected chi connectivity index (χ3v) is 12.7. The van der Waals surface area contributed by atoms with Crippen LogP contribution in [0.15, 0.2) is 24.8 Å². The van der Waals surface area contributed by atoms with Gasteiger partial charge in [-0.05, 0) is 85.7 Å². The maximum absolute atomic E-state index is 6.40. The van der Waals surface area contributed by atoms with E-state index in [-0.39, 0.29) is 5.41 Å². The monoisotopic (exact) mass is 434 g/mol. The minimum atomic E-state index is -1.61. The zero-order valence-corrected chi connectivity index (χ0v) is 23.0. The number of rotatable bonds is 12. The Labute approximate surface area is 191 Å². The van der Waals surface area contributed by atoms with E-state index in [2.05, 4.69) is 86.4 Å². The van der Waals surface area contributed by atoms with Gasteiger partial charge in [0.15, 0.2) is 8.32 Å². The van der Waals surface area contributed by atoms with Gasteiger partial charge in [0.25, 0.3) is 0 Å². The van der Waals surface area contributed by atoms with Crippen molar-refractivity contribution in [2.24, 2.45) is 29.1 Å². The molecular weight excluding hydrogens is 380 g/mol. The first-order chi connectivity index (χ1) is 13.8. The normalized spacial score (nSPS) is 25.6. The van der Waals surface area contributed by atoms with E-state index in [1.807, 2.05) is 0 Å². The fraction of sp³-hybridized carbons (Fsp3) is 0.857. The Balaban J connectivity index is 2.67. The molecule has 1 rings (SSSR count). The third-order valence-electron chi connectivity index (χ3n) is 8.15. The van der Waals surface area contributed by atoms with Gasteiger partial charge < -0.3 is 4.43 Å². The van der Waals surface area contributed by atoms with Gasteiger partial charge in [-0.2, -0.15) is 0 Å². The van der Waals surface area contributed by atoms with E-state index in [9.17, 15) is 0 Å². The van der Waals surface area contributed by atoms with Crippen molar-refractivity contribution in [1.29, 1.82) is 0 Å². The second kappa shape index (κ2) is 12.0. The van der Waals surface area contributed by atoms with Crippen molar-refractivity contribution in [3.05, 3.63) is 24.8 Å². The molecular formula is C28H54OSi. The highest BCUT2D eigenvalue weighted by Crippen LogP contribution is 2.41. The molecule has 0 amide bonds. The molecule has 1 aliphatic rings. The molecule has 0 N–H and O–H groups in total. The molecule has 1 saturated carbocycles. The summed E-state index contributed by atoms with van der Waals surface area (Å²) in [6.45, 7) is 26.4. The molecule has 0 spiro atoms. The molecule has 0 aromatic heterocycles. The van der Waals surface area contributed by atoms with E-state index >= 15 is 0 Å². The van der Waals surface area contributed by atoms with Crippen LogP contribution in [0.3, 0.4) is 0 Å².